The topological polar surface area (TPSA) is 98.7 Å². The number of anilines is 1. The van der Waals surface area contributed by atoms with Crippen LogP contribution in [-0.2, 0) is 9.59 Å². The molecule has 1 saturated carbocycles. The molecule has 4 amide bonds. The van der Waals surface area contributed by atoms with Gasteiger partial charge in [-0.25, -0.2) is 9.78 Å². The Balaban J connectivity index is 1.40. The van der Waals surface area contributed by atoms with Crippen LogP contribution >= 0.6 is 0 Å². The Labute approximate surface area is 151 Å². The van der Waals surface area contributed by atoms with Crippen molar-refractivity contribution in [2.24, 2.45) is 11.8 Å². The molecule has 1 aromatic heterocycles. The van der Waals surface area contributed by atoms with Crippen molar-refractivity contribution >= 4 is 23.7 Å². The van der Waals surface area contributed by atoms with E-state index in [0.717, 1.165) is 17.3 Å². The summed E-state index contributed by atoms with van der Waals surface area (Å²) in [6, 6.07) is -0.431. The summed E-state index contributed by atoms with van der Waals surface area (Å²) in [5.41, 5.74) is 0. The molecule has 1 aromatic rings. The standard InChI is InChI=1S/C17H22N6O3/c1-21-10-16(25)23(17(21)26)9-15(24)20-13-8-22(7-12(13)11-2-3-11)14-6-18-4-5-19-14/h4-6,11-13H,2-3,7-10H2,1H3,(H,20,24)/t12-,13+/m0/s1. The molecule has 0 unspecified atom stereocenters. The van der Waals surface area contributed by atoms with Gasteiger partial charge in [0.1, 0.15) is 18.9 Å². The summed E-state index contributed by atoms with van der Waals surface area (Å²) in [7, 11) is 1.55. The zero-order valence-electron chi connectivity index (χ0n) is 14.7. The quantitative estimate of drug-likeness (QED) is 0.726. The predicted molar refractivity (Wildman–Crippen MR) is 92.1 cm³/mol. The van der Waals surface area contributed by atoms with Crippen LogP contribution in [0.2, 0.25) is 0 Å². The molecule has 2 atom stereocenters. The number of urea groups is 1. The number of nitrogens with zero attached hydrogens (tertiary/aromatic N) is 5. The van der Waals surface area contributed by atoms with E-state index in [2.05, 4.69) is 20.2 Å². The van der Waals surface area contributed by atoms with E-state index in [9.17, 15) is 14.4 Å². The van der Waals surface area contributed by atoms with E-state index in [1.807, 2.05) is 0 Å². The molecule has 2 aliphatic heterocycles. The normalized spacial score (nSPS) is 26.0. The fourth-order valence-corrected chi connectivity index (χ4v) is 3.85. The minimum absolute atomic E-state index is 0.0115. The van der Waals surface area contributed by atoms with Gasteiger partial charge in [0, 0.05) is 38.4 Å². The maximum Gasteiger partial charge on any atom is 0.327 e. The number of rotatable bonds is 5. The number of nitrogens with one attached hydrogen (secondary N) is 1. The summed E-state index contributed by atoms with van der Waals surface area (Å²) >= 11 is 0. The lowest BCUT2D eigenvalue weighted by Gasteiger charge is -2.21. The van der Waals surface area contributed by atoms with Crippen LogP contribution < -0.4 is 10.2 Å². The van der Waals surface area contributed by atoms with E-state index in [1.54, 1.807) is 25.6 Å². The van der Waals surface area contributed by atoms with Gasteiger partial charge in [0.2, 0.25) is 5.91 Å². The Kier molecular flexibility index (Phi) is 4.21. The molecule has 3 aliphatic rings. The van der Waals surface area contributed by atoms with Crippen LogP contribution in [-0.4, -0.2) is 76.9 Å². The van der Waals surface area contributed by atoms with Gasteiger partial charge >= 0.3 is 6.03 Å². The van der Waals surface area contributed by atoms with Crippen molar-refractivity contribution in [2.75, 3.05) is 38.1 Å². The highest BCUT2D eigenvalue weighted by Crippen LogP contribution is 2.42. The molecule has 0 spiro atoms. The van der Waals surface area contributed by atoms with E-state index in [-0.39, 0.29) is 30.9 Å². The highest BCUT2D eigenvalue weighted by molar-refractivity contribution is 6.04. The van der Waals surface area contributed by atoms with Crippen molar-refractivity contribution in [1.29, 1.82) is 0 Å². The number of hydrogen-bond donors (Lipinski definition) is 1. The van der Waals surface area contributed by atoms with E-state index < -0.39 is 6.03 Å². The van der Waals surface area contributed by atoms with Crippen LogP contribution in [0.25, 0.3) is 0 Å². The zero-order valence-corrected chi connectivity index (χ0v) is 14.7. The van der Waals surface area contributed by atoms with Gasteiger partial charge in [-0.05, 0) is 18.8 Å². The summed E-state index contributed by atoms with van der Waals surface area (Å²) in [6.45, 7) is 1.30. The second kappa shape index (κ2) is 6.54. The largest absolute Gasteiger partial charge is 0.353 e. The molecule has 4 rings (SSSR count). The van der Waals surface area contributed by atoms with Crippen molar-refractivity contribution in [3.8, 4) is 0 Å². The maximum atomic E-state index is 12.5. The third kappa shape index (κ3) is 3.21. The van der Waals surface area contributed by atoms with E-state index in [1.165, 1.54) is 17.7 Å². The molecule has 2 saturated heterocycles. The van der Waals surface area contributed by atoms with Gasteiger partial charge in [0.15, 0.2) is 0 Å². The molecule has 1 N–H and O–H groups in total. The first-order valence-electron chi connectivity index (χ1n) is 8.88. The van der Waals surface area contributed by atoms with Crippen LogP contribution in [0.5, 0.6) is 0 Å². The Morgan fingerprint density at radius 3 is 2.69 bits per heavy atom. The van der Waals surface area contributed by atoms with Gasteiger partial charge in [-0.3, -0.25) is 19.5 Å². The zero-order chi connectivity index (χ0) is 18.3. The average Bonchev–Trinajstić information content (AvgIpc) is 3.35. The highest BCUT2D eigenvalue weighted by atomic mass is 16.2. The maximum absolute atomic E-state index is 12.5. The Hall–Kier alpha value is -2.71. The molecule has 0 bridgehead atoms. The van der Waals surface area contributed by atoms with Crippen molar-refractivity contribution in [3.63, 3.8) is 0 Å². The van der Waals surface area contributed by atoms with Crippen LogP contribution in [0.15, 0.2) is 18.6 Å². The van der Waals surface area contributed by atoms with Gasteiger partial charge in [0.05, 0.1) is 12.2 Å². The molecule has 1 aliphatic carbocycles. The van der Waals surface area contributed by atoms with Crippen LogP contribution in [0, 0.1) is 11.8 Å². The Morgan fingerprint density at radius 1 is 1.27 bits per heavy atom. The summed E-state index contributed by atoms with van der Waals surface area (Å²) in [5.74, 6) is 1.15. The molecule has 3 fully saturated rings. The van der Waals surface area contributed by atoms with Gasteiger partial charge in [-0.15, -0.1) is 0 Å². The van der Waals surface area contributed by atoms with E-state index in [0.29, 0.717) is 18.4 Å². The monoisotopic (exact) mass is 358 g/mol. The van der Waals surface area contributed by atoms with Crippen LogP contribution in [0.4, 0.5) is 10.6 Å². The SMILES string of the molecule is CN1CC(=O)N(CC(=O)N[C@@H]2CN(c3cnccn3)C[C@H]2C2CC2)C1=O. The number of carbonyl (C=O) groups excluding carboxylic acids is 3. The summed E-state index contributed by atoms with van der Waals surface area (Å²) in [6.07, 6.45) is 7.39. The molecule has 9 nitrogen and oxygen atoms in total. The van der Waals surface area contributed by atoms with Gasteiger partial charge in [-0.1, -0.05) is 0 Å². The fraction of sp³-hybridized carbons (Fsp3) is 0.588. The number of amides is 4. The molecule has 138 valence electrons. The molecule has 0 aromatic carbocycles. The van der Waals surface area contributed by atoms with E-state index >= 15 is 0 Å². The molecule has 26 heavy (non-hydrogen) atoms. The van der Waals surface area contributed by atoms with Crippen molar-refractivity contribution < 1.29 is 14.4 Å². The number of carbonyl (C=O) groups is 3. The highest BCUT2D eigenvalue weighted by Gasteiger charge is 2.44. The molecule has 9 heteroatoms. The predicted octanol–water partition coefficient (Wildman–Crippen LogP) is -0.298. The first-order chi connectivity index (χ1) is 12.5. The third-order valence-electron chi connectivity index (χ3n) is 5.35. The van der Waals surface area contributed by atoms with Gasteiger partial charge in [0.25, 0.3) is 5.91 Å². The van der Waals surface area contributed by atoms with Crippen LogP contribution in [0.1, 0.15) is 12.8 Å². The van der Waals surface area contributed by atoms with Gasteiger partial charge in [-0.2, -0.15) is 0 Å². The second-order valence-corrected chi connectivity index (χ2v) is 7.26. The lowest BCUT2D eigenvalue weighted by molar-refractivity contribution is -0.131. The molecule has 3 heterocycles. The first kappa shape index (κ1) is 16.7. The third-order valence-corrected chi connectivity index (χ3v) is 5.35. The smallest absolute Gasteiger partial charge is 0.327 e. The molecule has 0 radical (unpaired) electrons. The van der Waals surface area contributed by atoms with Crippen molar-refractivity contribution in [1.82, 2.24) is 25.1 Å². The van der Waals surface area contributed by atoms with Crippen molar-refractivity contribution in [3.05, 3.63) is 18.6 Å². The number of hydrogen-bond acceptors (Lipinski definition) is 6. The molecular formula is C17H22N6O3. The van der Waals surface area contributed by atoms with E-state index in [4.69, 9.17) is 0 Å². The van der Waals surface area contributed by atoms with Crippen molar-refractivity contribution in [2.45, 2.75) is 18.9 Å². The lowest BCUT2D eigenvalue weighted by atomic mass is 9.98. The fourth-order valence-electron chi connectivity index (χ4n) is 3.85. The minimum Gasteiger partial charge on any atom is -0.353 e. The Bertz CT molecular complexity index is 722. The number of imide groups is 1. The van der Waals surface area contributed by atoms with Crippen LogP contribution in [0.3, 0.4) is 0 Å². The minimum atomic E-state index is -0.420. The number of likely N-dealkylation sites (N-methyl/N-ethyl adjacent to an activating group) is 1. The summed E-state index contributed by atoms with van der Waals surface area (Å²) < 4.78 is 0. The number of aromatic nitrogens is 2. The first-order valence-corrected chi connectivity index (χ1v) is 8.88. The summed E-state index contributed by atoms with van der Waals surface area (Å²) in [5, 5.41) is 3.04. The summed E-state index contributed by atoms with van der Waals surface area (Å²) in [4.78, 5) is 49.2. The second-order valence-electron chi connectivity index (χ2n) is 7.26. The van der Waals surface area contributed by atoms with Gasteiger partial charge < -0.3 is 15.1 Å². The lowest BCUT2D eigenvalue weighted by Crippen LogP contribution is -2.47. The molecular weight excluding hydrogens is 336 g/mol. The average molecular weight is 358 g/mol. The Morgan fingerprint density at radius 2 is 2.08 bits per heavy atom.